The van der Waals surface area contributed by atoms with Crippen molar-refractivity contribution in [3.8, 4) is 10.6 Å². The molecule has 0 saturated carbocycles. The number of rotatable bonds is 6. The summed E-state index contributed by atoms with van der Waals surface area (Å²) in [5.41, 5.74) is 3.44. The summed E-state index contributed by atoms with van der Waals surface area (Å²) >= 11 is 7.71. The van der Waals surface area contributed by atoms with Gasteiger partial charge in [-0.25, -0.2) is 9.78 Å². The fourth-order valence-corrected chi connectivity index (χ4v) is 4.90. The molecule has 3 aromatic rings. The molecule has 2 N–H and O–H groups in total. The van der Waals surface area contributed by atoms with Gasteiger partial charge in [-0.1, -0.05) is 29.8 Å². The summed E-state index contributed by atoms with van der Waals surface area (Å²) in [7, 11) is 0. The summed E-state index contributed by atoms with van der Waals surface area (Å²) in [4.78, 5) is 19.5. The standard InChI is InChI=1S/C23H24ClN3O2S/c1-15-21(30-22(26-15)16-7-9-18(24)10-8-16)13-25-19-5-3-11-27(14-19)20-6-2-4-17(12-20)23(28)29/h2,4,6-10,12,19,25H,3,5,11,13-14H2,1H3,(H,28,29)/t19-/m1/s1. The summed E-state index contributed by atoms with van der Waals surface area (Å²) in [5, 5.41) is 14.7. The van der Waals surface area contributed by atoms with Gasteiger partial charge in [-0.15, -0.1) is 11.3 Å². The highest BCUT2D eigenvalue weighted by Crippen LogP contribution is 2.29. The van der Waals surface area contributed by atoms with Gasteiger partial charge in [0.15, 0.2) is 0 Å². The molecule has 7 heteroatoms. The number of aromatic carboxylic acids is 1. The Labute approximate surface area is 185 Å². The zero-order valence-corrected chi connectivity index (χ0v) is 18.3. The topological polar surface area (TPSA) is 65.5 Å². The summed E-state index contributed by atoms with van der Waals surface area (Å²) < 4.78 is 0. The third-order valence-electron chi connectivity index (χ3n) is 5.41. The predicted molar refractivity (Wildman–Crippen MR) is 123 cm³/mol. The lowest BCUT2D eigenvalue weighted by atomic mass is 10.0. The van der Waals surface area contributed by atoms with E-state index < -0.39 is 5.97 Å². The third kappa shape index (κ3) is 4.83. The molecule has 1 atom stereocenters. The number of hydrogen-bond acceptors (Lipinski definition) is 5. The second-order valence-corrected chi connectivity index (χ2v) is 9.08. The minimum absolute atomic E-state index is 0.331. The maximum absolute atomic E-state index is 11.3. The molecule has 1 aromatic heterocycles. The molecule has 0 spiro atoms. The zero-order valence-electron chi connectivity index (χ0n) is 16.8. The van der Waals surface area contributed by atoms with Gasteiger partial charge in [0.25, 0.3) is 0 Å². The first-order valence-corrected chi connectivity index (χ1v) is 11.2. The molecule has 2 heterocycles. The van der Waals surface area contributed by atoms with Crippen LogP contribution in [0.4, 0.5) is 5.69 Å². The number of carboxylic acid groups (broad SMARTS) is 1. The molecule has 2 aromatic carbocycles. The van der Waals surface area contributed by atoms with Crippen LogP contribution in [0.5, 0.6) is 0 Å². The maximum atomic E-state index is 11.3. The molecule has 1 aliphatic rings. The minimum atomic E-state index is -0.888. The van der Waals surface area contributed by atoms with Crippen molar-refractivity contribution in [2.24, 2.45) is 0 Å². The van der Waals surface area contributed by atoms with E-state index in [1.807, 2.05) is 36.4 Å². The van der Waals surface area contributed by atoms with Crippen molar-refractivity contribution in [3.63, 3.8) is 0 Å². The predicted octanol–water partition coefficient (Wildman–Crippen LogP) is 5.23. The molecule has 1 saturated heterocycles. The summed E-state index contributed by atoms with van der Waals surface area (Å²) in [6.07, 6.45) is 2.18. The van der Waals surface area contributed by atoms with Gasteiger partial charge < -0.3 is 15.3 Å². The van der Waals surface area contributed by atoms with Crippen molar-refractivity contribution < 1.29 is 9.90 Å². The van der Waals surface area contributed by atoms with Gasteiger partial charge in [0.05, 0.1) is 11.3 Å². The van der Waals surface area contributed by atoms with Gasteiger partial charge in [-0.2, -0.15) is 0 Å². The van der Waals surface area contributed by atoms with E-state index in [9.17, 15) is 9.90 Å². The average molecular weight is 442 g/mol. The van der Waals surface area contributed by atoms with Gasteiger partial charge in [-0.3, -0.25) is 0 Å². The van der Waals surface area contributed by atoms with Gasteiger partial charge in [0.2, 0.25) is 0 Å². The first-order chi connectivity index (χ1) is 14.5. The number of anilines is 1. The zero-order chi connectivity index (χ0) is 21.1. The minimum Gasteiger partial charge on any atom is -0.478 e. The molecule has 30 heavy (non-hydrogen) atoms. The summed E-state index contributed by atoms with van der Waals surface area (Å²) in [5.74, 6) is -0.888. The van der Waals surface area contributed by atoms with E-state index in [0.717, 1.165) is 59.5 Å². The highest BCUT2D eigenvalue weighted by atomic mass is 35.5. The van der Waals surface area contributed by atoms with Crippen LogP contribution in [0, 0.1) is 6.92 Å². The van der Waals surface area contributed by atoms with Crippen molar-refractivity contribution in [1.29, 1.82) is 0 Å². The molecule has 0 aliphatic carbocycles. The SMILES string of the molecule is Cc1nc(-c2ccc(Cl)cc2)sc1CN[C@@H]1CCCN(c2cccc(C(=O)O)c2)C1. The molecule has 5 nitrogen and oxygen atoms in total. The number of carboxylic acids is 1. The Kier molecular flexibility index (Phi) is 6.37. The molecule has 1 aliphatic heterocycles. The molecule has 1 fully saturated rings. The number of aryl methyl sites for hydroxylation is 1. The number of nitrogens with one attached hydrogen (secondary N) is 1. The van der Waals surface area contributed by atoms with E-state index in [-0.39, 0.29) is 0 Å². The first kappa shape index (κ1) is 20.8. The number of hydrogen-bond donors (Lipinski definition) is 2. The lowest BCUT2D eigenvalue weighted by Gasteiger charge is -2.35. The van der Waals surface area contributed by atoms with Crippen molar-refractivity contribution in [3.05, 3.63) is 69.7 Å². The lowest BCUT2D eigenvalue weighted by molar-refractivity contribution is 0.0697. The second-order valence-electron chi connectivity index (χ2n) is 7.56. The summed E-state index contributed by atoms with van der Waals surface area (Å²) in [6, 6.07) is 15.3. The number of benzene rings is 2. The number of nitrogens with zero attached hydrogens (tertiary/aromatic N) is 2. The molecule has 0 radical (unpaired) electrons. The fourth-order valence-electron chi connectivity index (χ4n) is 3.76. The van der Waals surface area contributed by atoms with E-state index in [1.165, 1.54) is 4.88 Å². The van der Waals surface area contributed by atoms with Crippen LogP contribution in [0.2, 0.25) is 5.02 Å². The lowest BCUT2D eigenvalue weighted by Crippen LogP contribution is -2.45. The number of aromatic nitrogens is 1. The van der Waals surface area contributed by atoms with E-state index in [1.54, 1.807) is 23.5 Å². The summed E-state index contributed by atoms with van der Waals surface area (Å²) in [6.45, 7) is 4.65. The Morgan fingerprint density at radius 3 is 2.87 bits per heavy atom. The average Bonchev–Trinajstić information content (AvgIpc) is 3.13. The molecule has 4 rings (SSSR count). The molecular weight excluding hydrogens is 418 g/mol. The van der Waals surface area contributed by atoms with Crippen LogP contribution in [0.1, 0.15) is 33.8 Å². The van der Waals surface area contributed by atoms with Crippen LogP contribution < -0.4 is 10.2 Å². The Hall–Kier alpha value is -2.41. The van der Waals surface area contributed by atoms with Crippen LogP contribution >= 0.6 is 22.9 Å². The quantitative estimate of drug-likeness (QED) is 0.548. The number of piperidine rings is 1. The van der Waals surface area contributed by atoms with E-state index in [4.69, 9.17) is 16.6 Å². The largest absolute Gasteiger partial charge is 0.478 e. The Balaban J connectivity index is 1.40. The highest BCUT2D eigenvalue weighted by molar-refractivity contribution is 7.15. The Morgan fingerprint density at radius 1 is 1.30 bits per heavy atom. The van der Waals surface area contributed by atoms with E-state index >= 15 is 0 Å². The van der Waals surface area contributed by atoms with Crippen LogP contribution in [-0.4, -0.2) is 35.2 Å². The molecular formula is C23H24ClN3O2S. The van der Waals surface area contributed by atoms with Gasteiger partial charge in [0.1, 0.15) is 5.01 Å². The molecule has 156 valence electrons. The van der Waals surface area contributed by atoms with Crippen molar-refractivity contribution in [2.45, 2.75) is 32.4 Å². The maximum Gasteiger partial charge on any atom is 0.335 e. The molecule has 0 unspecified atom stereocenters. The fraction of sp³-hybridized carbons (Fsp3) is 0.304. The van der Waals surface area contributed by atoms with E-state index in [0.29, 0.717) is 11.6 Å². The van der Waals surface area contributed by atoms with Gasteiger partial charge in [0, 0.05) is 46.8 Å². The first-order valence-electron chi connectivity index (χ1n) is 10.0. The molecule has 0 amide bonds. The van der Waals surface area contributed by atoms with Crippen LogP contribution in [0.15, 0.2) is 48.5 Å². The van der Waals surface area contributed by atoms with Gasteiger partial charge in [-0.05, 0) is 50.1 Å². The van der Waals surface area contributed by atoms with Crippen molar-refractivity contribution in [2.75, 3.05) is 18.0 Å². The number of thiazole rings is 1. The normalized spacial score (nSPS) is 16.6. The number of carbonyl (C=O) groups is 1. The van der Waals surface area contributed by atoms with Crippen LogP contribution in [0.25, 0.3) is 10.6 Å². The smallest absolute Gasteiger partial charge is 0.335 e. The van der Waals surface area contributed by atoms with Crippen LogP contribution in [-0.2, 0) is 6.54 Å². The Morgan fingerprint density at radius 2 is 2.10 bits per heavy atom. The van der Waals surface area contributed by atoms with E-state index in [2.05, 4.69) is 17.1 Å². The monoisotopic (exact) mass is 441 g/mol. The van der Waals surface area contributed by atoms with Crippen molar-refractivity contribution >= 4 is 34.6 Å². The second kappa shape index (κ2) is 9.16. The third-order valence-corrected chi connectivity index (χ3v) is 6.87. The van der Waals surface area contributed by atoms with Crippen LogP contribution in [0.3, 0.4) is 0 Å². The Bertz CT molecular complexity index is 1040. The highest BCUT2D eigenvalue weighted by Gasteiger charge is 2.21. The van der Waals surface area contributed by atoms with Gasteiger partial charge >= 0.3 is 5.97 Å². The van der Waals surface area contributed by atoms with Crippen molar-refractivity contribution in [1.82, 2.24) is 10.3 Å². The molecule has 0 bridgehead atoms. The number of halogens is 1.